The summed E-state index contributed by atoms with van der Waals surface area (Å²) in [6.07, 6.45) is 2.27. The largest absolute Gasteiger partial charge is 0.497 e. The van der Waals surface area contributed by atoms with Gasteiger partial charge in [0.05, 0.1) is 17.8 Å². The number of amides is 1. The third-order valence-corrected chi connectivity index (χ3v) is 7.48. The van der Waals surface area contributed by atoms with E-state index in [1.54, 1.807) is 23.9 Å². The molecule has 3 aromatic carbocycles. The summed E-state index contributed by atoms with van der Waals surface area (Å²) < 4.78 is 33.4. The lowest BCUT2D eigenvalue weighted by Gasteiger charge is -2.08. The first-order chi connectivity index (χ1) is 16.4. The van der Waals surface area contributed by atoms with Gasteiger partial charge in [-0.15, -0.1) is 0 Å². The van der Waals surface area contributed by atoms with E-state index in [2.05, 4.69) is 5.32 Å². The molecule has 1 aromatic heterocycles. The third-order valence-electron chi connectivity index (χ3n) is 5.77. The van der Waals surface area contributed by atoms with Crippen LogP contribution in [-0.4, -0.2) is 32.5 Å². The quantitative estimate of drug-likeness (QED) is 0.391. The number of sulfone groups is 1. The van der Waals surface area contributed by atoms with Crippen LogP contribution in [0.2, 0.25) is 0 Å². The topological polar surface area (TPSA) is 77.4 Å². The van der Waals surface area contributed by atoms with E-state index in [1.807, 2.05) is 73.7 Å². The zero-order valence-corrected chi connectivity index (χ0v) is 20.1. The maximum Gasteiger partial charge on any atom is 0.239 e. The van der Waals surface area contributed by atoms with E-state index in [-0.39, 0.29) is 23.1 Å². The summed E-state index contributed by atoms with van der Waals surface area (Å²) in [6.45, 7) is 2.50. The highest BCUT2D eigenvalue weighted by Crippen LogP contribution is 2.28. The van der Waals surface area contributed by atoms with Crippen LogP contribution in [-0.2, 0) is 33.4 Å². The second kappa shape index (κ2) is 10.1. The minimum Gasteiger partial charge on any atom is -0.497 e. The van der Waals surface area contributed by atoms with Crippen LogP contribution in [0.15, 0.2) is 83.9 Å². The lowest BCUT2D eigenvalue weighted by atomic mass is 10.1. The summed E-state index contributed by atoms with van der Waals surface area (Å²) in [5.41, 5.74) is 3.63. The average Bonchev–Trinajstić information content (AvgIpc) is 3.20. The van der Waals surface area contributed by atoms with Crippen molar-refractivity contribution in [2.45, 2.75) is 30.5 Å². The Hall–Kier alpha value is -3.58. The van der Waals surface area contributed by atoms with Crippen molar-refractivity contribution in [1.29, 1.82) is 0 Å². The van der Waals surface area contributed by atoms with Crippen LogP contribution in [0.5, 0.6) is 5.75 Å². The van der Waals surface area contributed by atoms with Crippen molar-refractivity contribution in [3.63, 3.8) is 0 Å². The molecule has 0 saturated carbocycles. The number of aryl methyl sites for hydroxylation is 1. The van der Waals surface area contributed by atoms with E-state index < -0.39 is 9.84 Å². The number of carbonyl (C=O) groups is 1. The van der Waals surface area contributed by atoms with Crippen molar-refractivity contribution in [3.05, 3.63) is 95.7 Å². The number of rotatable bonds is 9. The smallest absolute Gasteiger partial charge is 0.239 e. The Labute approximate surface area is 200 Å². The lowest BCUT2D eigenvalue weighted by Crippen LogP contribution is -2.29. The van der Waals surface area contributed by atoms with Crippen molar-refractivity contribution >= 4 is 26.6 Å². The maximum absolute atomic E-state index is 13.3. The lowest BCUT2D eigenvalue weighted by molar-refractivity contribution is -0.121. The fraction of sp³-hybridized carbons (Fsp3) is 0.222. The molecule has 1 N–H and O–H groups in total. The van der Waals surface area contributed by atoms with Crippen LogP contribution in [0.1, 0.15) is 16.7 Å². The van der Waals surface area contributed by atoms with Gasteiger partial charge in [-0.3, -0.25) is 4.79 Å². The molecule has 0 unspecified atom stereocenters. The van der Waals surface area contributed by atoms with E-state index in [9.17, 15) is 13.2 Å². The minimum absolute atomic E-state index is 0.0448. The Morgan fingerprint density at radius 3 is 2.32 bits per heavy atom. The second-order valence-electron chi connectivity index (χ2n) is 8.33. The molecule has 0 spiro atoms. The van der Waals surface area contributed by atoms with Gasteiger partial charge >= 0.3 is 0 Å². The Morgan fingerprint density at radius 1 is 0.941 bits per heavy atom. The van der Waals surface area contributed by atoms with Gasteiger partial charge in [-0.1, -0.05) is 60.2 Å². The molecule has 0 aliphatic heterocycles. The molecule has 0 aliphatic carbocycles. The first kappa shape index (κ1) is 23.6. The molecule has 0 aliphatic rings. The number of nitrogens with zero attached hydrogens (tertiary/aromatic N) is 1. The highest BCUT2D eigenvalue weighted by atomic mass is 32.2. The van der Waals surface area contributed by atoms with Crippen molar-refractivity contribution in [2.24, 2.45) is 0 Å². The Kier molecular flexibility index (Phi) is 7.03. The van der Waals surface area contributed by atoms with Crippen molar-refractivity contribution in [3.8, 4) is 5.75 Å². The molecular weight excluding hydrogens is 448 g/mol. The number of hydrogen-bond acceptors (Lipinski definition) is 4. The monoisotopic (exact) mass is 476 g/mol. The second-order valence-corrected chi connectivity index (χ2v) is 10.3. The number of para-hydroxylation sites is 1. The first-order valence-electron chi connectivity index (χ1n) is 11.1. The summed E-state index contributed by atoms with van der Waals surface area (Å²) in [4.78, 5) is 12.9. The molecule has 1 amide bonds. The summed E-state index contributed by atoms with van der Waals surface area (Å²) >= 11 is 0. The number of carbonyl (C=O) groups excluding carboxylic acids is 1. The van der Waals surface area contributed by atoms with Crippen LogP contribution in [0.4, 0.5) is 0 Å². The molecular formula is C27H28N2O4S. The zero-order chi connectivity index (χ0) is 24.1. The Morgan fingerprint density at radius 2 is 1.62 bits per heavy atom. The molecule has 4 rings (SSSR count). The number of nitrogens with one attached hydrogen (secondary N) is 1. The molecule has 0 radical (unpaired) electrons. The highest BCUT2D eigenvalue weighted by Gasteiger charge is 2.22. The predicted molar refractivity (Wildman–Crippen MR) is 134 cm³/mol. The van der Waals surface area contributed by atoms with Gasteiger partial charge in [0.15, 0.2) is 9.84 Å². The number of aromatic nitrogens is 1. The van der Waals surface area contributed by atoms with Gasteiger partial charge in [0.2, 0.25) is 5.91 Å². The van der Waals surface area contributed by atoms with E-state index in [1.165, 1.54) is 0 Å². The number of ether oxygens (including phenoxy) is 1. The van der Waals surface area contributed by atoms with Gasteiger partial charge < -0.3 is 14.6 Å². The Bertz CT molecular complexity index is 1390. The van der Waals surface area contributed by atoms with E-state index in [0.29, 0.717) is 18.4 Å². The summed E-state index contributed by atoms with van der Waals surface area (Å²) in [5.74, 6) is 0.534. The average molecular weight is 477 g/mol. The Balaban J connectivity index is 1.47. The van der Waals surface area contributed by atoms with Crippen LogP contribution in [0.25, 0.3) is 10.9 Å². The summed E-state index contributed by atoms with van der Waals surface area (Å²) in [5, 5.41) is 3.55. The van der Waals surface area contributed by atoms with Crippen LogP contribution < -0.4 is 10.1 Å². The third kappa shape index (κ3) is 5.48. The van der Waals surface area contributed by atoms with Gasteiger partial charge in [-0.25, -0.2) is 8.42 Å². The van der Waals surface area contributed by atoms with Gasteiger partial charge in [0.1, 0.15) is 12.3 Å². The van der Waals surface area contributed by atoms with E-state index in [0.717, 1.165) is 28.0 Å². The molecule has 1 heterocycles. The van der Waals surface area contributed by atoms with Gasteiger partial charge in [-0.05, 0) is 42.7 Å². The number of fused-ring (bicyclic) bond motifs is 1. The van der Waals surface area contributed by atoms with E-state index >= 15 is 0 Å². The fourth-order valence-electron chi connectivity index (χ4n) is 3.92. The van der Waals surface area contributed by atoms with Crippen molar-refractivity contribution in [2.75, 3.05) is 13.7 Å². The van der Waals surface area contributed by atoms with Crippen LogP contribution in [0.3, 0.4) is 0 Å². The summed E-state index contributed by atoms with van der Waals surface area (Å²) in [6, 6.07) is 22.5. The predicted octanol–water partition coefficient (Wildman–Crippen LogP) is 4.29. The summed E-state index contributed by atoms with van der Waals surface area (Å²) in [7, 11) is -1.96. The number of methoxy groups -OCH3 is 1. The first-order valence-corrected chi connectivity index (χ1v) is 12.8. The fourth-order valence-corrected chi connectivity index (χ4v) is 5.50. The highest BCUT2D eigenvalue weighted by molar-refractivity contribution is 7.90. The molecule has 6 nitrogen and oxygen atoms in total. The van der Waals surface area contributed by atoms with Gasteiger partial charge in [0.25, 0.3) is 0 Å². The molecule has 0 fully saturated rings. The van der Waals surface area contributed by atoms with Crippen LogP contribution >= 0.6 is 0 Å². The molecule has 34 heavy (non-hydrogen) atoms. The van der Waals surface area contributed by atoms with Crippen LogP contribution in [0, 0.1) is 6.92 Å². The molecule has 0 atom stereocenters. The van der Waals surface area contributed by atoms with E-state index in [4.69, 9.17) is 4.74 Å². The van der Waals surface area contributed by atoms with Crippen molar-refractivity contribution < 1.29 is 17.9 Å². The number of benzene rings is 3. The minimum atomic E-state index is -3.59. The standard InChI is InChI=1S/C27H28N2O4S/c1-20-7-9-22(10-8-20)19-34(31,32)26-17-29(25-6-4-3-5-24(25)26)18-27(30)28-16-15-21-11-13-23(33-2)14-12-21/h3-14,17H,15-16,18-19H2,1-2H3,(H,28,30). The normalized spacial score (nSPS) is 11.5. The maximum atomic E-state index is 13.3. The zero-order valence-electron chi connectivity index (χ0n) is 19.3. The molecule has 0 saturated heterocycles. The molecule has 7 heteroatoms. The molecule has 4 aromatic rings. The van der Waals surface area contributed by atoms with Crippen molar-refractivity contribution in [1.82, 2.24) is 9.88 Å². The van der Waals surface area contributed by atoms with Gasteiger partial charge in [0, 0.05) is 23.6 Å². The molecule has 0 bridgehead atoms. The number of hydrogen-bond donors (Lipinski definition) is 1. The molecule has 176 valence electrons. The SMILES string of the molecule is COc1ccc(CCNC(=O)Cn2cc(S(=O)(=O)Cc3ccc(C)cc3)c3ccccc32)cc1. The van der Waals surface area contributed by atoms with Gasteiger partial charge in [-0.2, -0.15) is 0 Å².